The summed E-state index contributed by atoms with van der Waals surface area (Å²) in [6.07, 6.45) is 13.1. The number of methoxy groups -OCH3 is 1. The van der Waals surface area contributed by atoms with Gasteiger partial charge in [0.25, 0.3) is 0 Å². The first-order valence-electron chi connectivity index (χ1n) is 8.98. The van der Waals surface area contributed by atoms with E-state index in [1.54, 1.807) is 0 Å². The molecule has 1 saturated carbocycles. The second-order valence-electron chi connectivity index (χ2n) is 6.75. The molecule has 1 aliphatic rings. The average Bonchev–Trinajstić information content (AvgIpc) is 2.43. The van der Waals surface area contributed by atoms with E-state index in [1.807, 2.05) is 7.11 Å². The maximum Gasteiger partial charge on any atom is 0.0693 e. The Bertz CT molecular complexity index is 232. The molecule has 20 heavy (non-hydrogen) atoms. The molecule has 0 radical (unpaired) electrons. The van der Waals surface area contributed by atoms with Gasteiger partial charge in [0, 0.05) is 13.2 Å². The number of rotatable bonds is 12. The van der Waals surface area contributed by atoms with Crippen LogP contribution in [0.5, 0.6) is 0 Å². The van der Waals surface area contributed by atoms with E-state index in [0.29, 0.717) is 6.04 Å². The third kappa shape index (κ3) is 5.73. The second-order valence-corrected chi connectivity index (χ2v) is 6.75. The van der Waals surface area contributed by atoms with Gasteiger partial charge in [-0.05, 0) is 51.0 Å². The molecule has 1 aliphatic carbocycles. The van der Waals surface area contributed by atoms with Crippen molar-refractivity contribution in [2.24, 2.45) is 5.92 Å². The summed E-state index contributed by atoms with van der Waals surface area (Å²) in [5, 5.41) is 3.79. The predicted molar refractivity (Wildman–Crippen MR) is 88.2 cm³/mol. The van der Waals surface area contributed by atoms with E-state index >= 15 is 0 Å². The number of hydrogen-bond acceptors (Lipinski definition) is 2. The summed E-state index contributed by atoms with van der Waals surface area (Å²) in [7, 11) is 1.91. The van der Waals surface area contributed by atoms with Crippen molar-refractivity contribution < 1.29 is 4.74 Å². The highest BCUT2D eigenvalue weighted by Gasteiger charge is 2.39. The van der Waals surface area contributed by atoms with Gasteiger partial charge in [0.1, 0.15) is 0 Å². The van der Waals surface area contributed by atoms with Crippen LogP contribution >= 0.6 is 0 Å². The lowest BCUT2D eigenvalue weighted by atomic mass is 9.74. The summed E-state index contributed by atoms with van der Waals surface area (Å²) in [6.45, 7) is 8.06. The van der Waals surface area contributed by atoms with Crippen LogP contribution < -0.4 is 5.32 Å². The molecule has 1 fully saturated rings. The van der Waals surface area contributed by atoms with Gasteiger partial charge in [0.05, 0.1) is 5.60 Å². The van der Waals surface area contributed by atoms with E-state index in [2.05, 4.69) is 26.1 Å². The first kappa shape index (κ1) is 18.0. The van der Waals surface area contributed by atoms with Gasteiger partial charge in [-0.3, -0.25) is 0 Å². The molecule has 0 spiro atoms. The van der Waals surface area contributed by atoms with Crippen LogP contribution in [0.3, 0.4) is 0 Å². The van der Waals surface area contributed by atoms with E-state index < -0.39 is 0 Å². The van der Waals surface area contributed by atoms with E-state index in [9.17, 15) is 0 Å². The summed E-state index contributed by atoms with van der Waals surface area (Å²) < 4.78 is 5.84. The van der Waals surface area contributed by atoms with Crippen molar-refractivity contribution in [1.29, 1.82) is 0 Å². The van der Waals surface area contributed by atoms with Crippen LogP contribution in [-0.2, 0) is 4.74 Å². The van der Waals surface area contributed by atoms with Gasteiger partial charge in [-0.15, -0.1) is 0 Å². The van der Waals surface area contributed by atoms with Gasteiger partial charge in [-0.1, -0.05) is 46.5 Å². The Hall–Kier alpha value is -0.0800. The van der Waals surface area contributed by atoms with Crippen molar-refractivity contribution in [3.05, 3.63) is 0 Å². The van der Waals surface area contributed by atoms with Gasteiger partial charge < -0.3 is 10.1 Å². The van der Waals surface area contributed by atoms with Crippen LogP contribution in [0.2, 0.25) is 0 Å². The molecule has 0 aromatic heterocycles. The summed E-state index contributed by atoms with van der Waals surface area (Å²) in [5.74, 6) is 0.887. The number of hydrogen-bond donors (Lipinski definition) is 1. The lowest BCUT2D eigenvalue weighted by molar-refractivity contribution is -0.0847. The van der Waals surface area contributed by atoms with Crippen LogP contribution in [0.15, 0.2) is 0 Å². The zero-order valence-corrected chi connectivity index (χ0v) is 14.3. The minimum absolute atomic E-state index is 0.203. The monoisotopic (exact) mass is 283 g/mol. The Morgan fingerprint density at radius 1 is 1.15 bits per heavy atom. The Kier molecular flexibility index (Phi) is 8.79. The largest absolute Gasteiger partial charge is 0.378 e. The standard InChI is InChI=1S/C18H37NO/c1-5-8-10-16(7-3)14-17(19-13-6-2)15-18(20-4)11-9-12-18/h16-17,19H,5-15H2,1-4H3. The Morgan fingerprint density at radius 2 is 1.90 bits per heavy atom. The summed E-state index contributed by atoms with van der Waals surface area (Å²) in [4.78, 5) is 0. The highest BCUT2D eigenvalue weighted by molar-refractivity contribution is 4.93. The third-order valence-corrected chi connectivity index (χ3v) is 5.16. The lowest BCUT2D eigenvalue weighted by Gasteiger charge is -2.43. The number of unbranched alkanes of at least 4 members (excludes halogenated alkanes) is 1. The molecule has 1 N–H and O–H groups in total. The fraction of sp³-hybridized carbons (Fsp3) is 1.00. The predicted octanol–water partition coefficient (Wildman–Crippen LogP) is 4.92. The molecule has 0 bridgehead atoms. The van der Waals surface area contributed by atoms with Crippen LogP contribution in [-0.4, -0.2) is 25.3 Å². The second kappa shape index (κ2) is 9.78. The first-order chi connectivity index (χ1) is 9.69. The summed E-state index contributed by atoms with van der Waals surface area (Å²) in [5.41, 5.74) is 0.203. The molecule has 0 heterocycles. The smallest absolute Gasteiger partial charge is 0.0693 e. The van der Waals surface area contributed by atoms with Gasteiger partial charge in [0.2, 0.25) is 0 Å². The normalized spacial score (nSPS) is 20.4. The minimum atomic E-state index is 0.203. The van der Waals surface area contributed by atoms with E-state index in [-0.39, 0.29) is 5.60 Å². The molecule has 0 amide bonds. The fourth-order valence-electron chi connectivity index (χ4n) is 3.48. The highest BCUT2D eigenvalue weighted by atomic mass is 16.5. The molecule has 2 unspecified atom stereocenters. The third-order valence-electron chi connectivity index (χ3n) is 5.16. The van der Waals surface area contributed by atoms with Crippen molar-refractivity contribution >= 4 is 0 Å². The molecule has 1 rings (SSSR count). The Labute approximate surface area is 127 Å². The van der Waals surface area contributed by atoms with Crippen LogP contribution in [0.25, 0.3) is 0 Å². The van der Waals surface area contributed by atoms with Gasteiger partial charge in [0.15, 0.2) is 0 Å². The molecular weight excluding hydrogens is 246 g/mol. The van der Waals surface area contributed by atoms with E-state index in [0.717, 1.165) is 12.5 Å². The zero-order valence-electron chi connectivity index (χ0n) is 14.3. The SMILES string of the molecule is CCCCC(CC)CC(CC1(OC)CCC1)NCCC. The molecule has 2 atom stereocenters. The number of ether oxygens (including phenoxy) is 1. The van der Waals surface area contributed by atoms with Crippen LogP contribution in [0.4, 0.5) is 0 Å². The lowest BCUT2D eigenvalue weighted by Crippen LogP contribution is -2.46. The molecule has 120 valence electrons. The topological polar surface area (TPSA) is 21.3 Å². The first-order valence-corrected chi connectivity index (χ1v) is 8.98. The molecule has 0 aromatic carbocycles. The molecular formula is C18H37NO. The minimum Gasteiger partial charge on any atom is -0.378 e. The molecule has 2 heteroatoms. The van der Waals surface area contributed by atoms with Crippen molar-refractivity contribution in [2.45, 2.75) is 96.6 Å². The van der Waals surface area contributed by atoms with Crippen LogP contribution in [0.1, 0.15) is 85.0 Å². The average molecular weight is 284 g/mol. The molecule has 0 aliphatic heterocycles. The van der Waals surface area contributed by atoms with Gasteiger partial charge >= 0.3 is 0 Å². The summed E-state index contributed by atoms with van der Waals surface area (Å²) >= 11 is 0. The fourth-order valence-corrected chi connectivity index (χ4v) is 3.48. The van der Waals surface area contributed by atoms with Crippen molar-refractivity contribution in [1.82, 2.24) is 5.32 Å². The summed E-state index contributed by atoms with van der Waals surface area (Å²) in [6, 6.07) is 0.650. The van der Waals surface area contributed by atoms with E-state index in [1.165, 1.54) is 64.2 Å². The maximum absolute atomic E-state index is 5.84. The quantitative estimate of drug-likeness (QED) is 0.549. The molecule has 0 aromatic rings. The Morgan fingerprint density at radius 3 is 2.35 bits per heavy atom. The molecule has 0 saturated heterocycles. The van der Waals surface area contributed by atoms with Crippen molar-refractivity contribution in [3.8, 4) is 0 Å². The van der Waals surface area contributed by atoms with Crippen LogP contribution in [0, 0.1) is 5.92 Å². The van der Waals surface area contributed by atoms with Crippen molar-refractivity contribution in [3.63, 3.8) is 0 Å². The molecule has 2 nitrogen and oxygen atoms in total. The highest BCUT2D eigenvalue weighted by Crippen LogP contribution is 2.40. The van der Waals surface area contributed by atoms with Gasteiger partial charge in [-0.25, -0.2) is 0 Å². The van der Waals surface area contributed by atoms with E-state index in [4.69, 9.17) is 4.74 Å². The zero-order chi connectivity index (χ0) is 14.8. The maximum atomic E-state index is 5.84. The van der Waals surface area contributed by atoms with Crippen molar-refractivity contribution in [2.75, 3.05) is 13.7 Å². The number of nitrogens with one attached hydrogen (secondary N) is 1. The Balaban J connectivity index is 2.48. The van der Waals surface area contributed by atoms with Gasteiger partial charge in [-0.2, -0.15) is 0 Å².